The Morgan fingerprint density at radius 1 is 1.24 bits per heavy atom. The summed E-state index contributed by atoms with van der Waals surface area (Å²) >= 11 is 3.22. The molecule has 0 saturated heterocycles. The van der Waals surface area contributed by atoms with Gasteiger partial charge in [0.1, 0.15) is 10.4 Å². The molecule has 0 aliphatic rings. The van der Waals surface area contributed by atoms with Gasteiger partial charge in [0.2, 0.25) is 0 Å². The van der Waals surface area contributed by atoms with Crippen molar-refractivity contribution >= 4 is 33.4 Å². The summed E-state index contributed by atoms with van der Waals surface area (Å²) in [5, 5.41) is 2.74. The van der Waals surface area contributed by atoms with Crippen molar-refractivity contribution in [1.29, 1.82) is 0 Å². The predicted molar refractivity (Wildman–Crippen MR) is 81.0 cm³/mol. The number of benzene rings is 1. The Labute approximate surface area is 129 Å². The molecule has 0 radical (unpaired) electrons. The van der Waals surface area contributed by atoms with Gasteiger partial charge < -0.3 is 15.8 Å². The maximum atomic E-state index is 12.1. The minimum Gasteiger partial charge on any atom is -0.484 e. The van der Waals surface area contributed by atoms with Gasteiger partial charge in [0.15, 0.2) is 6.61 Å². The van der Waals surface area contributed by atoms with Crippen molar-refractivity contribution in [2.45, 2.75) is 0 Å². The van der Waals surface area contributed by atoms with E-state index in [1.165, 1.54) is 0 Å². The number of primary amides is 1. The summed E-state index contributed by atoms with van der Waals surface area (Å²) in [6, 6.07) is 9.95. The van der Waals surface area contributed by atoms with E-state index < -0.39 is 5.91 Å². The van der Waals surface area contributed by atoms with E-state index in [4.69, 9.17) is 10.5 Å². The molecule has 7 heteroatoms. The fourth-order valence-electron chi connectivity index (χ4n) is 1.54. The Kier molecular flexibility index (Phi) is 4.89. The summed E-state index contributed by atoms with van der Waals surface area (Å²) in [7, 11) is 0. The van der Waals surface area contributed by atoms with Crippen molar-refractivity contribution in [2.75, 3.05) is 11.9 Å². The molecule has 0 aliphatic heterocycles. The Hall–Kier alpha value is -2.41. The van der Waals surface area contributed by atoms with Crippen molar-refractivity contribution in [1.82, 2.24) is 4.98 Å². The second-order valence-electron chi connectivity index (χ2n) is 4.08. The van der Waals surface area contributed by atoms with Gasteiger partial charge in [-0.05, 0) is 52.3 Å². The van der Waals surface area contributed by atoms with Crippen LogP contribution in [0.3, 0.4) is 0 Å². The minimum absolute atomic E-state index is 0.186. The number of ether oxygens (including phenoxy) is 1. The highest BCUT2D eigenvalue weighted by atomic mass is 79.9. The minimum atomic E-state index is -0.547. The summed E-state index contributed by atoms with van der Waals surface area (Å²) in [5.41, 5.74) is 6.02. The number of hydrogen-bond acceptors (Lipinski definition) is 4. The first-order chi connectivity index (χ1) is 10.1. The summed E-state index contributed by atoms with van der Waals surface area (Å²) < 4.78 is 5.60. The summed E-state index contributed by atoms with van der Waals surface area (Å²) in [6.07, 6.45) is 1.59. The molecule has 2 aromatic rings. The molecular weight excluding hydrogens is 338 g/mol. The average molecular weight is 350 g/mol. The molecule has 1 heterocycles. The van der Waals surface area contributed by atoms with Crippen molar-refractivity contribution < 1.29 is 14.3 Å². The van der Waals surface area contributed by atoms with E-state index in [1.54, 1.807) is 42.6 Å². The molecule has 6 nitrogen and oxygen atoms in total. The quantitative estimate of drug-likeness (QED) is 0.806. The standard InChI is InChI=1S/C14H12BrN3O3/c15-13-11(2-1-7-17-13)14(20)18-9-3-5-10(6-4-9)21-8-12(16)19/h1-7H,8H2,(H2,16,19)(H,18,20). The van der Waals surface area contributed by atoms with Crippen LogP contribution in [0.2, 0.25) is 0 Å². The SMILES string of the molecule is NC(=O)COc1ccc(NC(=O)c2cccnc2Br)cc1. The molecule has 0 fully saturated rings. The molecule has 0 bridgehead atoms. The highest BCUT2D eigenvalue weighted by Gasteiger charge is 2.10. The van der Waals surface area contributed by atoms with Gasteiger partial charge >= 0.3 is 0 Å². The number of aromatic nitrogens is 1. The summed E-state index contributed by atoms with van der Waals surface area (Å²) in [4.78, 5) is 26.7. The monoisotopic (exact) mass is 349 g/mol. The lowest BCUT2D eigenvalue weighted by molar-refractivity contribution is -0.119. The number of nitrogens with two attached hydrogens (primary N) is 1. The first kappa shape index (κ1) is 15.0. The van der Waals surface area contributed by atoms with Gasteiger partial charge in [0.05, 0.1) is 5.56 Å². The van der Waals surface area contributed by atoms with Gasteiger partial charge in [-0.1, -0.05) is 0 Å². The first-order valence-electron chi connectivity index (χ1n) is 5.99. The fraction of sp³-hybridized carbons (Fsp3) is 0.0714. The van der Waals surface area contributed by atoms with Gasteiger partial charge in [0.25, 0.3) is 11.8 Å². The zero-order valence-electron chi connectivity index (χ0n) is 10.9. The Morgan fingerprint density at radius 2 is 1.95 bits per heavy atom. The normalized spacial score (nSPS) is 9.95. The van der Waals surface area contributed by atoms with Crippen LogP contribution in [-0.2, 0) is 4.79 Å². The fourth-order valence-corrected chi connectivity index (χ4v) is 1.97. The van der Waals surface area contributed by atoms with Crippen LogP contribution in [0.1, 0.15) is 10.4 Å². The third-order valence-corrected chi connectivity index (χ3v) is 3.13. The number of carbonyl (C=O) groups excluding carboxylic acids is 2. The van der Waals surface area contributed by atoms with Gasteiger partial charge in [-0.2, -0.15) is 0 Å². The second-order valence-corrected chi connectivity index (χ2v) is 4.83. The highest BCUT2D eigenvalue weighted by molar-refractivity contribution is 9.10. The Bertz CT molecular complexity index is 659. The third kappa shape index (κ3) is 4.28. The van der Waals surface area contributed by atoms with Crippen LogP contribution < -0.4 is 15.8 Å². The largest absolute Gasteiger partial charge is 0.484 e. The molecule has 1 aromatic carbocycles. The lowest BCUT2D eigenvalue weighted by Crippen LogP contribution is -2.20. The molecule has 0 atom stereocenters. The molecule has 3 N–H and O–H groups in total. The predicted octanol–water partition coefficient (Wildman–Crippen LogP) is 1.96. The van der Waals surface area contributed by atoms with E-state index in [0.29, 0.717) is 21.6 Å². The van der Waals surface area contributed by atoms with E-state index in [1.807, 2.05) is 0 Å². The number of nitrogens with one attached hydrogen (secondary N) is 1. The number of amides is 2. The molecule has 0 unspecified atom stereocenters. The first-order valence-corrected chi connectivity index (χ1v) is 6.78. The van der Waals surface area contributed by atoms with Crippen LogP contribution in [0.15, 0.2) is 47.2 Å². The van der Waals surface area contributed by atoms with Gasteiger partial charge in [-0.25, -0.2) is 4.98 Å². The zero-order valence-corrected chi connectivity index (χ0v) is 12.5. The van der Waals surface area contributed by atoms with Crippen LogP contribution in [-0.4, -0.2) is 23.4 Å². The number of nitrogens with zero attached hydrogens (tertiary/aromatic N) is 1. The molecule has 0 aliphatic carbocycles. The van der Waals surface area contributed by atoms with Crippen LogP contribution in [0.25, 0.3) is 0 Å². The highest BCUT2D eigenvalue weighted by Crippen LogP contribution is 2.18. The maximum Gasteiger partial charge on any atom is 0.258 e. The average Bonchev–Trinajstić information content (AvgIpc) is 2.47. The van der Waals surface area contributed by atoms with Crippen LogP contribution in [0.4, 0.5) is 5.69 Å². The summed E-state index contributed by atoms with van der Waals surface area (Å²) in [5.74, 6) is -0.330. The maximum absolute atomic E-state index is 12.1. The molecule has 0 spiro atoms. The number of pyridine rings is 1. The summed E-state index contributed by atoms with van der Waals surface area (Å²) in [6.45, 7) is -0.186. The van der Waals surface area contributed by atoms with Crippen molar-refractivity contribution in [3.05, 3.63) is 52.8 Å². The zero-order chi connectivity index (χ0) is 15.2. The molecule has 21 heavy (non-hydrogen) atoms. The van der Waals surface area contributed by atoms with Gasteiger partial charge in [-0.15, -0.1) is 0 Å². The molecule has 0 saturated carbocycles. The van der Waals surface area contributed by atoms with E-state index in [0.717, 1.165) is 0 Å². The number of anilines is 1. The van der Waals surface area contributed by atoms with Crippen LogP contribution >= 0.6 is 15.9 Å². The number of carbonyl (C=O) groups is 2. The van der Waals surface area contributed by atoms with E-state index in [9.17, 15) is 9.59 Å². The molecular formula is C14H12BrN3O3. The Balaban J connectivity index is 2.02. The van der Waals surface area contributed by atoms with E-state index in [-0.39, 0.29) is 12.5 Å². The van der Waals surface area contributed by atoms with Gasteiger partial charge in [-0.3, -0.25) is 9.59 Å². The van der Waals surface area contributed by atoms with Crippen LogP contribution in [0.5, 0.6) is 5.75 Å². The topological polar surface area (TPSA) is 94.3 Å². The Morgan fingerprint density at radius 3 is 2.57 bits per heavy atom. The number of hydrogen-bond donors (Lipinski definition) is 2. The number of halogens is 1. The lowest BCUT2D eigenvalue weighted by Gasteiger charge is -2.08. The lowest BCUT2D eigenvalue weighted by atomic mass is 10.2. The number of rotatable bonds is 5. The molecule has 1 aromatic heterocycles. The van der Waals surface area contributed by atoms with Gasteiger partial charge in [0, 0.05) is 11.9 Å². The van der Waals surface area contributed by atoms with E-state index >= 15 is 0 Å². The van der Waals surface area contributed by atoms with Crippen molar-refractivity contribution in [2.24, 2.45) is 5.73 Å². The third-order valence-electron chi connectivity index (χ3n) is 2.50. The molecule has 108 valence electrons. The van der Waals surface area contributed by atoms with Crippen molar-refractivity contribution in [3.63, 3.8) is 0 Å². The molecule has 2 rings (SSSR count). The molecule has 2 amide bonds. The van der Waals surface area contributed by atoms with Crippen molar-refractivity contribution in [3.8, 4) is 5.75 Å². The smallest absolute Gasteiger partial charge is 0.258 e. The second kappa shape index (κ2) is 6.85. The van der Waals surface area contributed by atoms with Crippen LogP contribution in [0, 0.1) is 0 Å². The van der Waals surface area contributed by atoms with E-state index in [2.05, 4.69) is 26.2 Å².